The highest BCUT2D eigenvalue weighted by atomic mass is 16.5. The summed E-state index contributed by atoms with van der Waals surface area (Å²) < 4.78 is 17.0. The Morgan fingerprint density at radius 1 is 0.803 bits per heavy atom. The van der Waals surface area contributed by atoms with Gasteiger partial charge in [0.1, 0.15) is 34.8 Å². The first-order chi connectivity index (χ1) is 31.3. The number of fused-ring (bicyclic) bond motifs is 5. The second-order valence-electron chi connectivity index (χ2n) is 21.1. The Kier molecular flexibility index (Phi) is 16.5. The number of hydrogen-bond donors (Lipinski definition) is 5. The van der Waals surface area contributed by atoms with Crippen LogP contribution < -0.4 is 24.8 Å². The standard InChI is InChI=1S/C54H76N4O8/c1-52(2,3)44-29-38(64-8)27-35(49(44)61)31-55-25-21-46(58-32-36-28-39(65-9)30-45(50(36)62)53(4,5)6)51(63)57-24-13-11-10-12-23-56-48(60)33-66-37-15-17-40-34(26-37)14-16-42-41(40)20-22-54(7)43(42)18-19-47(54)59/h15,17,26-32,41-43,46-47,59,61-62H,10-14,16,18-25,33H2,1-9H3,(H,56,60)(H,57,63)/t41-,42-,43+,46?,47+,54+/m1/s1. The van der Waals surface area contributed by atoms with Gasteiger partial charge in [-0.3, -0.25) is 19.6 Å². The molecule has 0 bridgehead atoms. The molecule has 0 heterocycles. The molecular formula is C54H76N4O8. The van der Waals surface area contributed by atoms with Crippen LogP contribution in [0.15, 0.2) is 52.4 Å². The van der Waals surface area contributed by atoms with Gasteiger partial charge in [0.05, 0.1) is 20.3 Å². The van der Waals surface area contributed by atoms with Gasteiger partial charge >= 0.3 is 0 Å². The zero-order valence-electron chi connectivity index (χ0n) is 41.0. The van der Waals surface area contributed by atoms with Crippen LogP contribution in [-0.4, -0.2) is 92.2 Å². The Bertz CT molecular complexity index is 2220. The molecule has 12 nitrogen and oxygen atoms in total. The third-order valence-electron chi connectivity index (χ3n) is 14.5. The van der Waals surface area contributed by atoms with Crippen LogP contribution in [-0.2, 0) is 26.8 Å². The second kappa shape index (κ2) is 21.7. The molecule has 0 saturated heterocycles. The van der Waals surface area contributed by atoms with E-state index >= 15 is 0 Å². The van der Waals surface area contributed by atoms with Crippen LogP contribution in [0.5, 0.6) is 28.7 Å². The molecule has 0 aromatic heterocycles. The third-order valence-corrected chi connectivity index (χ3v) is 14.5. The SMILES string of the molecule is COc1cc(C=NCCC(N=Cc2cc(OC)cc(C(C)(C)C)c2O)C(=O)NCCCCCCNC(=O)COc2ccc3c(c2)CC[C@@H]2[C@@H]3CC[C@]3(C)[C@@H](O)CC[C@@H]23)c(O)c(C(C)(C)C)c1. The lowest BCUT2D eigenvalue weighted by Crippen LogP contribution is -2.43. The number of aromatic hydroxyl groups is 2. The average molecular weight is 909 g/mol. The number of methoxy groups -OCH3 is 2. The van der Waals surface area contributed by atoms with Crippen molar-refractivity contribution in [1.29, 1.82) is 0 Å². The zero-order valence-corrected chi connectivity index (χ0v) is 41.0. The molecule has 0 radical (unpaired) electrons. The molecule has 0 aliphatic heterocycles. The van der Waals surface area contributed by atoms with E-state index in [1.54, 1.807) is 32.6 Å². The maximum Gasteiger partial charge on any atom is 0.257 e. The van der Waals surface area contributed by atoms with Gasteiger partial charge in [-0.05, 0) is 139 Å². The van der Waals surface area contributed by atoms with E-state index < -0.39 is 6.04 Å². The van der Waals surface area contributed by atoms with Gasteiger partial charge in [0.25, 0.3) is 5.91 Å². The number of aliphatic hydroxyl groups excluding tert-OH is 1. The Balaban J connectivity index is 0.959. The first-order valence-electron chi connectivity index (χ1n) is 24.2. The summed E-state index contributed by atoms with van der Waals surface area (Å²) >= 11 is 0. The minimum Gasteiger partial charge on any atom is -0.507 e. The number of ether oxygens (including phenoxy) is 3. The number of rotatable bonds is 19. The lowest BCUT2D eigenvalue weighted by Gasteiger charge is -2.50. The van der Waals surface area contributed by atoms with Gasteiger partial charge in [-0.25, -0.2) is 0 Å². The molecule has 0 spiro atoms. The van der Waals surface area contributed by atoms with Gasteiger partial charge in [-0.2, -0.15) is 0 Å². The van der Waals surface area contributed by atoms with Crippen LogP contribution in [0, 0.1) is 17.3 Å². The number of amides is 2. The number of unbranched alkanes of at least 4 members (excludes halogenated alkanes) is 3. The summed E-state index contributed by atoms with van der Waals surface area (Å²) in [6.07, 6.45) is 13.0. The van der Waals surface area contributed by atoms with E-state index in [9.17, 15) is 24.9 Å². The number of phenols is 2. The summed E-state index contributed by atoms with van der Waals surface area (Å²) in [6, 6.07) is 12.6. The largest absolute Gasteiger partial charge is 0.507 e. The van der Waals surface area contributed by atoms with Crippen LogP contribution in [0.4, 0.5) is 0 Å². The number of phenolic OH excluding ortho intramolecular Hbond substituents is 2. The molecule has 2 fully saturated rings. The molecule has 6 rings (SSSR count). The highest BCUT2D eigenvalue weighted by Gasteiger charge is 2.54. The van der Waals surface area contributed by atoms with Gasteiger partial charge in [0, 0.05) is 54.3 Å². The van der Waals surface area contributed by atoms with Crippen LogP contribution in [0.25, 0.3) is 0 Å². The number of benzene rings is 3. The fourth-order valence-electron chi connectivity index (χ4n) is 10.6. The van der Waals surface area contributed by atoms with Gasteiger partial charge in [-0.1, -0.05) is 67.4 Å². The van der Waals surface area contributed by atoms with Gasteiger partial charge in [0.15, 0.2) is 6.61 Å². The molecule has 3 aliphatic carbocycles. The second-order valence-corrected chi connectivity index (χ2v) is 21.1. The molecule has 2 amide bonds. The molecule has 2 saturated carbocycles. The van der Waals surface area contributed by atoms with Crippen molar-refractivity contribution >= 4 is 24.2 Å². The lowest BCUT2D eigenvalue weighted by molar-refractivity contribution is -0.123. The number of nitrogens with zero attached hydrogens (tertiary/aromatic N) is 2. The fourth-order valence-corrected chi connectivity index (χ4v) is 10.6. The van der Waals surface area contributed by atoms with E-state index in [-0.39, 0.29) is 65.2 Å². The normalized spacial score (nSPS) is 22.1. The first kappa shape index (κ1) is 50.3. The molecule has 1 unspecified atom stereocenters. The number of nitrogens with one attached hydrogen (secondary N) is 2. The molecular weight excluding hydrogens is 833 g/mol. The van der Waals surface area contributed by atoms with Crippen molar-refractivity contribution < 1.29 is 39.1 Å². The van der Waals surface area contributed by atoms with Crippen LogP contribution in [0.1, 0.15) is 152 Å². The van der Waals surface area contributed by atoms with Crippen LogP contribution in [0.3, 0.4) is 0 Å². The quantitative estimate of drug-likeness (QED) is 0.0586. The molecule has 6 atom stereocenters. The molecule has 12 heteroatoms. The highest BCUT2D eigenvalue weighted by Crippen LogP contribution is 2.61. The smallest absolute Gasteiger partial charge is 0.257 e. The lowest BCUT2D eigenvalue weighted by atomic mass is 9.55. The summed E-state index contributed by atoms with van der Waals surface area (Å²) in [5.74, 6) is 3.54. The first-order valence-corrected chi connectivity index (χ1v) is 24.2. The fraction of sp³-hybridized carbons (Fsp3) is 0.593. The van der Waals surface area contributed by atoms with Crippen molar-refractivity contribution in [3.05, 3.63) is 75.8 Å². The number of hydrogen-bond acceptors (Lipinski definition) is 10. The van der Waals surface area contributed by atoms with Gasteiger partial charge < -0.3 is 40.2 Å². The van der Waals surface area contributed by atoms with Gasteiger partial charge in [-0.15, -0.1) is 0 Å². The molecule has 360 valence electrons. The summed E-state index contributed by atoms with van der Waals surface area (Å²) in [7, 11) is 3.16. The Hall–Kier alpha value is -5.10. The Labute approximate surface area is 393 Å². The third kappa shape index (κ3) is 12.1. The highest BCUT2D eigenvalue weighted by molar-refractivity contribution is 5.89. The molecule has 66 heavy (non-hydrogen) atoms. The van der Waals surface area contributed by atoms with Crippen molar-refractivity contribution in [3.8, 4) is 28.7 Å². The van der Waals surface area contributed by atoms with E-state index in [4.69, 9.17) is 14.2 Å². The minimum absolute atomic E-state index is 0.0268. The number of aryl methyl sites for hydroxylation is 1. The van der Waals surface area contributed by atoms with E-state index in [1.165, 1.54) is 17.3 Å². The number of carbonyl (C=O) groups excluding carboxylic acids is 2. The summed E-state index contributed by atoms with van der Waals surface area (Å²) in [4.78, 5) is 35.6. The number of aliphatic hydroxyl groups is 1. The maximum absolute atomic E-state index is 13.6. The monoisotopic (exact) mass is 909 g/mol. The predicted octanol–water partition coefficient (Wildman–Crippen LogP) is 9.10. The van der Waals surface area contributed by atoms with E-state index in [0.29, 0.717) is 59.0 Å². The van der Waals surface area contributed by atoms with Crippen molar-refractivity contribution in [3.63, 3.8) is 0 Å². The molecule has 5 N–H and O–H groups in total. The van der Waals surface area contributed by atoms with E-state index in [1.807, 2.05) is 59.7 Å². The minimum atomic E-state index is -0.794. The number of aliphatic imine (C=N–C) groups is 2. The predicted molar refractivity (Wildman–Crippen MR) is 262 cm³/mol. The summed E-state index contributed by atoms with van der Waals surface area (Å²) in [5.41, 5.74) is 4.58. The summed E-state index contributed by atoms with van der Waals surface area (Å²) in [6.45, 7) is 15.6. The van der Waals surface area contributed by atoms with Crippen molar-refractivity contribution in [2.75, 3.05) is 40.5 Å². The van der Waals surface area contributed by atoms with Crippen molar-refractivity contribution in [2.24, 2.45) is 27.2 Å². The number of carbonyl (C=O) groups is 2. The van der Waals surface area contributed by atoms with Gasteiger partial charge in [0.2, 0.25) is 5.91 Å². The maximum atomic E-state index is 13.6. The topological polar surface area (TPSA) is 171 Å². The van der Waals surface area contributed by atoms with E-state index in [2.05, 4.69) is 39.7 Å². The van der Waals surface area contributed by atoms with Crippen molar-refractivity contribution in [1.82, 2.24) is 10.6 Å². The Morgan fingerprint density at radius 2 is 1.42 bits per heavy atom. The average Bonchev–Trinajstić information content (AvgIpc) is 3.59. The molecule has 3 aromatic rings. The zero-order chi connectivity index (χ0) is 47.8. The van der Waals surface area contributed by atoms with Crippen LogP contribution in [0.2, 0.25) is 0 Å². The summed E-state index contributed by atoms with van der Waals surface area (Å²) in [5, 5.41) is 39.0. The Morgan fingerprint density at radius 3 is 2.05 bits per heavy atom. The molecule has 3 aromatic carbocycles. The van der Waals surface area contributed by atoms with Crippen molar-refractivity contribution in [2.45, 2.75) is 148 Å². The molecule has 3 aliphatic rings. The van der Waals surface area contributed by atoms with Crippen LogP contribution >= 0.6 is 0 Å². The van der Waals surface area contributed by atoms with E-state index in [0.717, 1.165) is 75.5 Å².